The average molecular weight is 279 g/mol. The molecule has 0 aliphatic carbocycles. The fourth-order valence-electron chi connectivity index (χ4n) is 1.65. The summed E-state index contributed by atoms with van der Waals surface area (Å²) in [5, 5.41) is 0.113. The molecule has 1 aromatic heterocycles. The number of methoxy groups -OCH3 is 2. The highest BCUT2D eigenvalue weighted by atomic mass is 35.5. The summed E-state index contributed by atoms with van der Waals surface area (Å²) in [6.45, 7) is 0. The standard InChI is InChI=1S/C13H11ClN2O3/c1-18-9-3-8(4-10(5-9)19-2)12-11(6-17)13(14)16-7-15-12/h3-7H,1-2H3. The zero-order valence-corrected chi connectivity index (χ0v) is 11.1. The number of halogens is 1. The molecule has 0 aliphatic rings. The number of ether oxygens (including phenoxy) is 2. The van der Waals surface area contributed by atoms with Gasteiger partial charge < -0.3 is 9.47 Å². The van der Waals surface area contributed by atoms with Crippen molar-refractivity contribution in [3.8, 4) is 22.8 Å². The quantitative estimate of drug-likeness (QED) is 0.635. The molecular formula is C13H11ClN2O3. The van der Waals surface area contributed by atoms with Gasteiger partial charge in [-0.3, -0.25) is 4.79 Å². The molecule has 0 saturated carbocycles. The monoisotopic (exact) mass is 278 g/mol. The minimum absolute atomic E-state index is 0.113. The summed E-state index contributed by atoms with van der Waals surface area (Å²) >= 11 is 5.88. The Bertz CT molecular complexity index is 595. The Kier molecular flexibility index (Phi) is 3.97. The van der Waals surface area contributed by atoms with Crippen LogP contribution in [0.25, 0.3) is 11.3 Å². The first-order chi connectivity index (χ1) is 9.19. The third-order valence-electron chi connectivity index (χ3n) is 2.58. The predicted octanol–water partition coefficient (Wildman–Crippen LogP) is 2.63. The first-order valence-electron chi connectivity index (χ1n) is 5.38. The van der Waals surface area contributed by atoms with Crippen LogP contribution in [0.3, 0.4) is 0 Å². The van der Waals surface area contributed by atoms with Crippen molar-refractivity contribution in [3.05, 3.63) is 35.2 Å². The molecule has 19 heavy (non-hydrogen) atoms. The van der Waals surface area contributed by atoms with Crippen LogP contribution in [-0.2, 0) is 0 Å². The Morgan fingerprint density at radius 3 is 2.26 bits per heavy atom. The van der Waals surface area contributed by atoms with Crippen LogP contribution in [0.1, 0.15) is 10.4 Å². The summed E-state index contributed by atoms with van der Waals surface area (Å²) < 4.78 is 10.4. The predicted molar refractivity (Wildman–Crippen MR) is 71.0 cm³/mol. The molecule has 0 unspecified atom stereocenters. The summed E-state index contributed by atoms with van der Waals surface area (Å²) in [6.07, 6.45) is 1.93. The lowest BCUT2D eigenvalue weighted by Gasteiger charge is -2.09. The summed E-state index contributed by atoms with van der Waals surface area (Å²) in [6, 6.07) is 5.22. The number of carbonyl (C=O) groups excluding carboxylic acids is 1. The van der Waals surface area contributed by atoms with Crippen LogP contribution in [0.4, 0.5) is 0 Å². The van der Waals surface area contributed by atoms with Gasteiger partial charge in [-0.15, -0.1) is 0 Å². The van der Waals surface area contributed by atoms with Crippen LogP contribution in [0.2, 0.25) is 5.15 Å². The Balaban J connectivity index is 2.64. The Morgan fingerprint density at radius 1 is 1.11 bits per heavy atom. The zero-order chi connectivity index (χ0) is 13.8. The van der Waals surface area contributed by atoms with E-state index >= 15 is 0 Å². The lowest BCUT2D eigenvalue weighted by molar-refractivity contribution is 0.112. The van der Waals surface area contributed by atoms with Gasteiger partial charge in [0.1, 0.15) is 23.0 Å². The number of carbonyl (C=O) groups is 1. The summed E-state index contributed by atoms with van der Waals surface area (Å²) in [5.74, 6) is 1.20. The van der Waals surface area contributed by atoms with Gasteiger partial charge in [0, 0.05) is 11.6 Å². The minimum Gasteiger partial charge on any atom is -0.497 e. The minimum atomic E-state index is 0.113. The second-order valence-electron chi connectivity index (χ2n) is 3.65. The molecule has 0 saturated heterocycles. The number of nitrogens with zero attached hydrogens (tertiary/aromatic N) is 2. The first-order valence-corrected chi connectivity index (χ1v) is 5.76. The largest absolute Gasteiger partial charge is 0.497 e. The molecule has 6 heteroatoms. The summed E-state index contributed by atoms with van der Waals surface area (Å²) in [4.78, 5) is 19.0. The lowest BCUT2D eigenvalue weighted by Crippen LogP contribution is -1.96. The van der Waals surface area contributed by atoms with Crippen LogP contribution < -0.4 is 9.47 Å². The molecule has 5 nitrogen and oxygen atoms in total. The van der Waals surface area contributed by atoms with Gasteiger partial charge >= 0.3 is 0 Å². The third-order valence-corrected chi connectivity index (χ3v) is 2.88. The van der Waals surface area contributed by atoms with Gasteiger partial charge in [-0.1, -0.05) is 11.6 Å². The second-order valence-corrected chi connectivity index (χ2v) is 4.00. The maximum atomic E-state index is 11.1. The Morgan fingerprint density at radius 2 is 1.74 bits per heavy atom. The van der Waals surface area contributed by atoms with Crippen LogP contribution in [0, 0.1) is 0 Å². The smallest absolute Gasteiger partial charge is 0.155 e. The van der Waals surface area contributed by atoms with Gasteiger partial charge in [-0.05, 0) is 12.1 Å². The molecule has 2 rings (SSSR count). The van der Waals surface area contributed by atoms with E-state index in [2.05, 4.69) is 9.97 Å². The molecule has 0 amide bonds. The molecule has 0 bridgehead atoms. The number of rotatable bonds is 4. The molecular weight excluding hydrogens is 268 g/mol. The van der Waals surface area contributed by atoms with E-state index in [4.69, 9.17) is 21.1 Å². The molecule has 98 valence electrons. The van der Waals surface area contributed by atoms with Crippen LogP contribution in [0.5, 0.6) is 11.5 Å². The van der Waals surface area contributed by atoms with Crippen molar-refractivity contribution in [1.82, 2.24) is 9.97 Å². The number of hydrogen-bond acceptors (Lipinski definition) is 5. The van der Waals surface area contributed by atoms with Crippen LogP contribution >= 0.6 is 11.6 Å². The van der Waals surface area contributed by atoms with Crippen molar-refractivity contribution >= 4 is 17.9 Å². The molecule has 0 radical (unpaired) electrons. The van der Waals surface area contributed by atoms with E-state index < -0.39 is 0 Å². The number of benzene rings is 1. The van der Waals surface area contributed by atoms with Crippen molar-refractivity contribution in [3.63, 3.8) is 0 Å². The van der Waals surface area contributed by atoms with Crippen LogP contribution in [0.15, 0.2) is 24.5 Å². The van der Waals surface area contributed by atoms with Gasteiger partial charge in [0.15, 0.2) is 6.29 Å². The fourth-order valence-corrected chi connectivity index (χ4v) is 1.83. The zero-order valence-electron chi connectivity index (χ0n) is 10.4. The maximum absolute atomic E-state index is 11.1. The van der Waals surface area contributed by atoms with E-state index in [-0.39, 0.29) is 10.7 Å². The van der Waals surface area contributed by atoms with Gasteiger partial charge in [0.05, 0.1) is 25.5 Å². The molecule has 1 heterocycles. The Labute approximate surface area is 115 Å². The molecule has 2 aromatic rings. The molecule has 0 aliphatic heterocycles. The van der Waals surface area contributed by atoms with Crippen molar-refractivity contribution < 1.29 is 14.3 Å². The van der Waals surface area contributed by atoms with E-state index in [1.807, 2.05) is 0 Å². The van der Waals surface area contributed by atoms with E-state index in [1.165, 1.54) is 6.33 Å². The highest BCUT2D eigenvalue weighted by Crippen LogP contribution is 2.31. The summed E-state index contributed by atoms with van der Waals surface area (Å²) in [7, 11) is 3.10. The third kappa shape index (κ3) is 2.66. The SMILES string of the molecule is COc1cc(OC)cc(-c2ncnc(Cl)c2C=O)c1. The van der Waals surface area contributed by atoms with Gasteiger partial charge in [-0.25, -0.2) is 9.97 Å². The highest BCUT2D eigenvalue weighted by Gasteiger charge is 2.13. The highest BCUT2D eigenvalue weighted by molar-refractivity contribution is 6.32. The molecule has 0 N–H and O–H groups in total. The van der Waals surface area contributed by atoms with Crippen molar-refractivity contribution in [2.75, 3.05) is 14.2 Å². The van der Waals surface area contributed by atoms with E-state index in [0.29, 0.717) is 29.0 Å². The first kappa shape index (κ1) is 13.3. The van der Waals surface area contributed by atoms with E-state index in [1.54, 1.807) is 32.4 Å². The maximum Gasteiger partial charge on any atom is 0.155 e. The number of aldehydes is 1. The van der Waals surface area contributed by atoms with Crippen LogP contribution in [-0.4, -0.2) is 30.5 Å². The molecule has 0 fully saturated rings. The molecule has 0 spiro atoms. The Hall–Kier alpha value is -2.14. The normalized spacial score (nSPS) is 10.1. The lowest BCUT2D eigenvalue weighted by atomic mass is 10.1. The number of hydrogen-bond donors (Lipinski definition) is 0. The van der Waals surface area contributed by atoms with Crippen molar-refractivity contribution in [2.24, 2.45) is 0 Å². The van der Waals surface area contributed by atoms with Gasteiger partial charge in [-0.2, -0.15) is 0 Å². The molecule has 1 aromatic carbocycles. The van der Waals surface area contributed by atoms with Gasteiger partial charge in [0.25, 0.3) is 0 Å². The second kappa shape index (κ2) is 5.67. The van der Waals surface area contributed by atoms with E-state index in [0.717, 1.165) is 0 Å². The number of aromatic nitrogens is 2. The van der Waals surface area contributed by atoms with Gasteiger partial charge in [0.2, 0.25) is 0 Å². The van der Waals surface area contributed by atoms with Crippen molar-refractivity contribution in [1.29, 1.82) is 0 Å². The topological polar surface area (TPSA) is 61.3 Å². The summed E-state index contributed by atoms with van der Waals surface area (Å²) in [5.41, 5.74) is 1.34. The van der Waals surface area contributed by atoms with E-state index in [9.17, 15) is 4.79 Å². The fraction of sp³-hybridized carbons (Fsp3) is 0.154. The molecule has 0 atom stereocenters. The average Bonchev–Trinajstić information content (AvgIpc) is 2.46. The van der Waals surface area contributed by atoms with Crippen molar-refractivity contribution in [2.45, 2.75) is 0 Å².